The van der Waals surface area contributed by atoms with Crippen molar-refractivity contribution >= 4 is 17.9 Å². The summed E-state index contributed by atoms with van der Waals surface area (Å²) in [5.41, 5.74) is 0. The summed E-state index contributed by atoms with van der Waals surface area (Å²) < 4.78 is 16.3. The third-order valence-electron chi connectivity index (χ3n) is 7.90. The summed E-state index contributed by atoms with van der Waals surface area (Å²) in [6.45, 7) is 6.13. The first-order valence-corrected chi connectivity index (χ1v) is 20.3. The summed E-state index contributed by atoms with van der Waals surface area (Å²) in [5, 5.41) is 0. The molecule has 1 unspecified atom stereocenters. The van der Waals surface area contributed by atoms with E-state index in [-0.39, 0.29) is 32.0 Å². The molecule has 0 aromatic carbocycles. The van der Waals surface area contributed by atoms with Crippen molar-refractivity contribution in [3.8, 4) is 0 Å². The molecule has 6 nitrogen and oxygen atoms in total. The van der Waals surface area contributed by atoms with Gasteiger partial charge in [0.15, 0.2) is 6.10 Å². The molecule has 292 valence electrons. The average molecular weight is 721 g/mol. The molecule has 0 aromatic heterocycles. The zero-order valence-corrected chi connectivity index (χ0v) is 33.0. The van der Waals surface area contributed by atoms with Crippen LogP contribution in [0.4, 0.5) is 0 Å². The van der Waals surface area contributed by atoms with E-state index in [9.17, 15) is 14.4 Å². The second-order valence-corrected chi connectivity index (χ2v) is 12.8. The number of carbonyl (C=O) groups is 3. The summed E-state index contributed by atoms with van der Waals surface area (Å²) >= 11 is 0. The number of esters is 3. The standard InChI is InChI=1S/C46H72O6/c1-4-7-10-13-16-19-20-21-22-23-24-25-28-30-33-36-39-45(48)51-42-43(52-46(49)40-37-34-31-27-18-15-12-9-6-3)41-50-44(47)38-35-32-29-26-17-14-11-8-5-2/h8-9,11-12,17-18,22-27,32,34-35,37,43H,4-7,10,13-16,19-21,28-31,33,36,38-42H2,1-3H3/b11-8-,12-9-,23-22-,25-24-,26-17-,27-18-,35-32-,37-34-. The fraction of sp³-hybridized carbons (Fsp3) is 0.587. The lowest BCUT2D eigenvalue weighted by Gasteiger charge is -2.17. The number of ether oxygens (including phenoxy) is 3. The van der Waals surface area contributed by atoms with Gasteiger partial charge >= 0.3 is 17.9 Å². The summed E-state index contributed by atoms with van der Waals surface area (Å²) in [5.74, 6) is -1.25. The Labute approximate surface area is 317 Å². The lowest BCUT2D eigenvalue weighted by Crippen LogP contribution is -2.30. The van der Waals surface area contributed by atoms with Gasteiger partial charge in [0.05, 0.1) is 12.8 Å². The maximum absolute atomic E-state index is 12.5. The van der Waals surface area contributed by atoms with Gasteiger partial charge in [-0.25, -0.2) is 0 Å². The molecule has 0 fully saturated rings. The van der Waals surface area contributed by atoms with Gasteiger partial charge in [-0.15, -0.1) is 0 Å². The van der Waals surface area contributed by atoms with E-state index in [1.807, 2.05) is 18.2 Å². The highest BCUT2D eigenvalue weighted by Crippen LogP contribution is 2.10. The zero-order chi connectivity index (χ0) is 38.0. The van der Waals surface area contributed by atoms with Gasteiger partial charge in [0.2, 0.25) is 0 Å². The Bertz CT molecular complexity index is 1100. The van der Waals surface area contributed by atoms with Gasteiger partial charge in [0.25, 0.3) is 0 Å². The number of rotatable bonds is 34. The molecule has 0 heterocycles. The molecule has 0 aliphatic rings. The van der Waals surface area contributed by atoms with Crippen molar-refractivity contribution in [1.82, 2.24) is 0 Å². The van der Waals surface area contributed by atoms with E-state index < -0.39 is 18.0 Å². The van der Waals surface area contributed by atoms with Gasteiger partial charge < -0.3 is 14.2 Å². The zero-order valence-electron chi connectivity index (χ0n) is 33.0. The molecule has 0 N–H and O–H groups in total. The maximum Gasteiger partial charge on any atom is 0.310 e. The Hall–Kier alpha value is -3.67. The van der Waals surface area contributed by atoms with Crippen molar-refractivity contribution in [3.05, 3.63) is 97.2 Å². The topological polar surface area (TPSA) is 78.9 Å². The Morgan fingerprint density at radius 3 is 1.38 bits per heavy atom. The Morgan fingerprint density at radius 1 is 0.442 bits per heavy atom. The van der Waals surface area contributed by atoms with E-state index in [1.165, 1.54) is 44.9 Å². The minimum atomic E-state index is -0.869. The fourth-order valence-corrected chi connectivity index (χ4v) is 4.91. The van der Waals surface area contributed by atoms with E-state index >= 15 is 0 Å². The quantitative estimate of drug-likeness (QED) is 0.0216. The van der Waals surface area contributed by atoms with Crippen LogP contribution in [0.25, 0.3) is 0 Å². The molecule has 0 spiro atoms. The van der Waals surface area contributed by atoms with E-state index in [2.05, 4.69) is 87.6 Å². The van der Waals surface area contributed by atoms with Gasteiger partial charge in [-0.2, -0.15) is 0 Å². The third-order valence-corrected chi connectivity index (χ3v) is 7.90. The second-order valence-electron chi connectivity index (χ2n) is 12.8. The third kappa shape index (κ3) is 37.6. The second kappa shape index (κ2) is 40.1. The van der Waals surface area contributed by atoms with Crippen molar-refractivity contribution < 1.29 is 28.6 Å². The Morgan fingerprint density at radius 2 is 0.865 bits per heavy atom. The van der Waals surface area contributed by atoms with Crippen molar-refractivity contribution in [3.63, 3.8) is 0 Å². The number of hydrogen-bond acceptors (Lipinski definition) is 6. The first-order valence-electron chi connectivity index (χ1n) is 20.3. The van der Waals surface area contributed by atoms with Crippen LogP contribution < -0.4 is 0 Å². The SMILES string of the molecule is CC/C=C\C/C=C\C/C=C\CC(=O)OCC(COC(=O)CCCCC/C=C\C=C/CCCCCCCCC)OC(=O)C/C=C\C/C=C\C/C=C\CC. The van der Waals surface area contributed by atoms with Crippen LogP contribution in [0.5, 0.6) is 0 Å². The number of unbranched alkanes of at least 4 members (excludes halogenated alkanes) is 10. The monoisotopic (exact) mass is 721 g/mol. The Kier molecular flexibility index (Phi) is 37.3. The van der Waals surface area contributed by atoms with Crippen molar-refractivity contribution in [2.45, 2.75) is 162 Å². The molecule has 1 atom stereocenters. The normalized spacial score (nSPS) is 13.1. The molecule has 0 amide bonds. The molecule has 52 heavy (non-hydrogen) atoms. The molecular formula is C46H72O6. The predicted octanol–water partition coefficient (Wildman–Crippen LogP) is 12.7. The van der Waals surface area contributed by atoms with Crippen molar-refractivity contribution in [1.29, 1.82) is 0 Å². The van der Waals surface area contributed by atoms with Crippen LogP contribution in [-0.4, -0.2) is 37.2 Å². The highest BCUT2D eigenvalue weighted by atomic mass is 16.6. The average Bonchev–Trinajstić information content (AvgIpc) is 3.14. The van der Waals surface area contributed by atoms with Gasteiger partial charge in [-0.3, -0.25) is 14.4 Å². The minimum absolute atomic E-state index is 0.0793. The van der Waals surface area contributed by atoms with Gasteiger partial charge in [-0.05, 0) is 70.6 Å². The van der Waals surface area contributed by atoms with Crippen LogP contribution in [0.2, 0.25) is 0 Å². The summed E-state index contributed by atoms with van der Waals surface area (Å²) in [6.07, 6.45) is 51.8. The van der Waals surface area contributed by atoms with Crippen molar-refractivity contribution in [2.24, 2.45) is 0 Å². The molecule has 0 aromatic rings. The molecule has 0 aliphatic heterocycles. The van der Waals surface area contributed by atoms with Crippen LogP contribution in [0.15, 0.2) is 97.2 Å². The Balaban J connectivity index is 4.54. The lowest BCUT2D eigenvalue weighted by molar-refractivity contribution is -0.166. The van der Waals surface area contributed by atoms with Gasteiger partial charge in [0, 0.05) is 6.42 Å². The molecule has 0 aliphatic carbocycles. The smallest absolute Gasteiger partial charge is 0.310 e. The van der Waals surface area contributed by atoms with Gasteiger partial charge in [-0.1, -0.05) is 163 Å². The first kappa shape index (κ1) is 48.3. The minimum Gasteiger partial charge on any atom is -0.462 e. The van der Waals surface area contributed by atoms with E-state index in [1.54, 1.807) is 12.2 Å². The summed E-state index contributed by atoms with van der Waals surface area (Å²) in [6, 6.07) is 0. The molecule has 0 radical (unpaired) electrons. The van der Waals surface area contributed by atoms with Crippen LogP contribution in [0.1, 0.15) is 156 Å². The van der Waals surface area contributed by atoms with Gasteiger partial charge in [0.1, 0.15) is 13.2 Å². The number of allylic oxidation sites excluding steroid dienone is 14. The molecule has 0 saturated heterocycles. The lowest BCUT2D eigenvalue weighted by atomic mass is 10.1. The number of hydrogen-bond donors (Lipinski definition) is 0. The van der Waals surface area contributed by atoms with Crippen LogP contribution in [0, 0.1) is 0 Å². The van der Waals surface area contributed by atoms with E-state index in [4.69, 9.17) is 14.2 Å². The van der Waals surface area contributed by atoms with E-state index in [0.717, 1.165) is 70.6 Å². The first-order chi connectivity index (χ1) is 25.5. The highest BCUT2D eigenvalue weighted by Gasteiger charge is 2.19. The van der Waals surface area contributed by atoms with E-state index in [0.29, 0.717) is 6.42 Å². The molecule has 0 rings (SSSR count). The molecule has 0 saturated carbocycles. The summed E-state index contributed by atoms with van der Waals surface area (Å²) in [7, 11) is 0. The highest BCUT2D eigenvalue weighted by molar-refractivity contribution is 5.72. The van der Waals surface area contributed by atoms with Crippen molar-refractivity contribution in [2.75, 3.05) is 13.2 Å². The molecule has 6 heteroatoms. The maximum atomic E-state index is 12.5. The largest absolute Gasteiger partial charge is 0.462 e. The fourth-order valence-electron chi connectivity index (χ4n) is 4.91. The summed E-state index contributed by atoms with van der Waals surface area (Å²) in [4.78, 5) is 37.3. The predicted molar refractivity (Wildman–Crippen MR) is 219 cm³/mol. The number of carbonyl (C=O) groups excluding carboxylic acids is 3. The van der Waals surface area contributed by atoms with Crippen LogP contribution in [-0.2, 0) is 28.6 Å². The molecule has 0 bridgehead atoms. The van der Waals surface area contributed by atoms with Crippen LogP contribution >= 0.6 is 0 Å². The molecular weight excluding hydrogens is 649 g/mol. The van der Waals surface area contributed by atoms with Crippen LogP contribution in [0.3, 0.4) is 0 Å².